The molecule has 0 amide bonds. The smallest absolute Gasteiger partial charge is 0.201 e. The molecule has 0 bridgehead atoms. The SMILES string of the molecule is c1ccc2[nH]c(NCCc3cc[nH]c3)nc2c1. The second-order valence-electron chi connectivity index (χ2n) is 4.00. The minimum absolute atomic E-state index is 0.835. The Morgan fingerprint density at radius 3 is 2.94 bits per heavy atom. The van der Waals surface area contributed by atoms with Gasteiger partial charge in [-0.3, -0.25) is 0 Å². The summed E-state index contributed by atoms with van der Waals surface area (Å²) < 4.78 is 0. The highest BCUT2D eigenvalue weighted by atomic mass is 15.1. The van der Waals surface area contributed by atoms with Gasteiger partial charge in [0.25, 0.3) is 0 Å². The summed E-state index contributed by atoms with van der Waals surface area (Å²) in [6, 6.07) is 10.1. The van der Waals surface area contributed by atoms with Gasteiger partial charge in [0.1, 0.15) is 0 Å². The minimum Gasteiger partial charge on any atom is -0.367 e. The van der Waals surface area contributed by atoms with E-state index in [0.29, 0.717) is 0 Å². The van der Waals surface area contributed by atoms with E-state index in [1.54, 1.807) is 0 Å². The topological polar surface area (TPSA) is 56.5 Å². The van der Waals surface area contributed by atoms with Crippen LogP contribution in [0.25, 0.3) is 11.0 Å². The van der Waals surface area contributed by atoms with E-state index < -0.39 is 0 Å². The number of para-hydroxylation sites is 2. The molecule has 3 N–H and O–H groups in total. The zero-order valence-electron chi connectivity index (χ0n) is 9.40. The van der Waals surface area contributed by atoms with E-state index in [0.717, 1.165) is 29.9 Å². The summed E-state index contributed by atoms with van der Waals surface area (Å²) >= 11 is 0. The fraction of sp³-hybridized carbons (Fsp3) is 0.154. The third-order valence-corrected chi connectivity index (χ3v) is 2.76. The number of nitrogens with one attached hydrogen (secondary N) is 3. The Labute approximate surface area is 99.1 Å². The van der Waals surface area contributed by atoms with Gasteiger partial charge in [-0.1, -0.05) is 12.1 Å². The van der Waals surface area contributed by atoms with Crippen LogP contribution in [0.1, 0.15) is 5.56 Å². The predicted molar refractivity (Wildman–Crippen MR) is 69.1 cm³/mol. The van der Waals surface area contributed by atoms with Crippen LogP contribution < -0.4 is 5.32 Å². The molecule has 3 rings (SSSR count). The number of nitrogens with zero attached hydrogens (tertiary/aromatic N) is 1. The number of aromatic nitrogens is 3. The summed E-state index contributed by atoms with van der Waals surface area (Å²) in [4.78, 5) is 10.8. The first kappa shape index (κ1) is 9.96. The number of hydrogen-bond donors (Lipinski definition) is 3. The maximum Gasteiger partial charge on any atom is 0.201 e. The molecular formula is C13H14N4. The number of hydrogen-bond acceptors (Lipinski definition) is 2. The quantitative estimate of drug-likeness (QED) is 0.640. The van der Waals surface area contributed by atoms with E-state index in [2.05, 4.69) is 26.3 Å². The van der Waals surface area contributed by atoms with E-state index >= 15 is 0 Å². The van der Waals surface area contributed by atoms with Crippen LogP contribution >= 0.6 is 0 Å². The molecule has 1 aromatic carbocycles. The average molecular weight is 226 g/mol. The number of rotatable bonds is 4. The van der Waals surface area contributed by atoms with Gasteiger partial charge in [0.15, 0.2) is 0 Å². The molecular weight excluding hydrogens is 212 g/mol. The molecule has 0 fully saturated rings. The molecule has 0 aliphatic heterocycles. The number of fused-ring (bicyclic) bond motifs is 1. The Morgan fingerprint density at radius 2 is 2.12 bits per heavy atom. The van der Waals surface area contributed by atoms with Crippen molar-refractivity contribution in [1.29, 1.82) is 0 Å². The summed E-state index contributed by atoms with van der Waals surface area (Å²) in [6.07, 6.45) is 4.94. The molecule has 0 saturated carbocycles. The van der Waals surface area contributed by atoms with Crippen LogP contribution in [0.2, 0.25) is 0 Å². The summed E-state index contributed by atoms with van der Waals surface area (Å²) in [7, 11) is 0. The molecule has 86 valence electrons. The molecule has 3 aromatic rings. The number of anilines is 1. The average Bonchev–Trinajstić information content (AvgIpc) is 2.96. The number of imidazole rings is 1. The monoisotopic (exact) mass is 226 g/mol. The molecule has 4 heteroatoms. The van der Waals surface area contributed by atoms with E-state index in [4.69, 9.17) is 0 Å². The Morgan fingerprint density at radius 1 is 1.18 bits per heavy atom. The molecule has 0 aliphatic carbocycles. The van der Waals surface area contributed by atoms with E-state index in [1.807, 2.05) is 36.7 Å². The Hall–Kier alpha value is -2.23. The van der Waals surface area contributed by atoms with Crippen molar-refractivity contribution >= 4 is 17.0 Å². The second kappa shape index (κ2) is 4.33. The number of H-pyrrole nitrogens is 2. The van der Waals surface area contributed by atoms with Gasteiger partial charge < -0.3 is 15.3 Å². The van der Waals surface area contributed by atoms with Crippen LogP contribution in [-0.2, 0) is 6.42 Å². The Bertz CT molecular complexity index is 562. The van der Waals surface area contributed by atoms with Crippen LogP contribution in [0.5, 0.6) is 0 Å². The van der Waals surface area contributed by atoms with E-state index in [9.17, 15) is 0 Å². The second-order valence-corrected chi connectivity index (χ2v) is 4.00. The van der Waals surface area contributed by atoms with Crippen molar-refractivity contribution in [2.45, 2.75) is 6.42 Å². The maximum atomic E-state index is 4.46. The molecule has 0 aliphatic rings. The van der Waals surface area contributed by atoms with Gasteiger partial charge in [0.2, 0.25) is 5.95 Å². The van der Waals surface area contributed by atoms with Crippen LogP contribution in [0.3, 0.4) is 0 Å². The minimum atomic E-state index is 0.835. The van der Waals surface area contributed by atoms with Crippen molar-refractivity contribution in [2.75, 3.05) is 11.9 Å². The lowest BCUT2D eigenvalue weighted by atomic mass is 10.2. The molecule has 0 saturated heterocycles. The third-order valence-electron chi connectivity index (χ3n) is 2.76. The molecule has 0 atom stereocenters. The largest absolute Gasteiger partial charge is 0.367 e. The fourth-order valence-electron chi connectivity index (χ4n) is 1.88. The van der Waals surface area contributed by atoms with Crippen LogP contribution in [0.4, 0.5) is 5.95 Å². The van der Waals surface area contributed by atoms with E-state index in [1.165, 1.54) is 5.56 Å². The zero-order valence-corrected chi connectivity index (χ0v) is 9.40. The van der Waals surface area contributed by atoms with Gasteiger partial charge in [-0.15, -0.1) is 0 Å². The predicted octanol–water partition coefficient (Wildman–Crippen LogP) is 2.55. The summed E-state index contributed by atoms with van der Waals surface area (Å²) in [5, 5.41) is 3.29. The van der Waals surface area contributed by atoms with Crippen molar-refractivity contribution < 1.29 is 0 Å². The summed E-state index contributed by atoms with van der Waals surface area (Å²) in [6.45, 7) is 0.873. The van der Waals surface area contributed by atoms with Gasteiger partial charge in [-0.05, 0) is 30.2 Å². The molecule has 0 unspecified atom stereocenters. The standard InChI is InChI=1S/C13H14N4/c1-2-4-12-11(3-1)16-13(17-12)15-8-6-10-5-7-14-9-10/h1-5,7,9,14H,6,8H2,(H2,15,16,17). The number of aromatic amines is 2. The van der Waals surface area contributed by atoms with Crippen molar-refractivity contribution in [1.82, 2.24) is 15.0 Å². The summed E-state index contributed by atoms with van der Waals surface area (Å²) in [5.41, 5.74) is 3.36. The van der Waals surface area contributed by atoms with Crippen molar-refractivity contribution in [3.63, 3.8) is 0 Å². The zero-order chi connectivity index (χ0) is 11.5. The van der Waals surface area contributed by atoms with Gasteiger partial charge in [0, 0.05) is 18.9 Å². The molecule has 0 spiro atoms. The van der Waals surface area contributed by atoms with Crippen molar-refractivity contribution in [3.05, 3.63) is 48.3 Å². The van der Waals surface area contributed by atoms with Crippen molar-refractivity contribution in [2.24, 2.45) is 0 Å². The van der Waals surface area contributed by atoms with Gasteiger partial charge >= 0.3 is 0 Å². The third kappa shape index (κ3) is 2.15. The normalized spacial score (nSPS) is 10.8. The lowest BCUT2D eigenvalue weighted by Gasteiger charge is -2.00. The highest BCUT2D eigenvalue weighted by molar-refractivity contribution is 5.77. The molecule has 2 heterocycles. The van der Waals surface area contributed by atoms with Gasteiger partial charge in [-0.2, -0.15) is 0 Å². The first-order valence-electron chi connectivity index (χ1n) is 5.72. The Balaban J connectivity index is 1.65. The summed E-state index contributed by atoms with van der Waals surface area (Å²) in [5.74, 6) is 0.835. The van der Waals surface area contributed by atoms with Gasteiger partial charge in [-0.25, -0.2) is 4.98 Å². The number of benzene rings is 1. The lowest BCUT2D eigenvalue weighted by Crippen LogP contribution is -2.05. The van der Waals surface area contributed by atoms with Gasteiger partial charge in [0.05, 0.1) is 11.0 Å². The van der Waals surface area contributed by atoms with E-state index in [-0.39, 0.29) is 0 Å². The highest BCUT2D eigenvalue weighted by Crippen LogP contribution is 2.13. The highest BCUT2D eigenvalue weighted by Gasteiger charge is 2.00. The fourth-order valence-corrected chi connectivity index (χ4v) is 1.88. The van der Waals surface area contributed by atoms with Crippen LogP contribution in [0.15, 0.2) is 42.7 Å². The Kier molecular flexibility index (Phi) is 2.54. The first-order valence-corrected chi connectivity index (χ1v) is 5.72. The molecule has 2 aromatic heterocycles. The molecule has 17 heavy (non-hydrogen) atoms. The molecule has 0 radical (unpaired) electrons. The molecule has 4 nitrogen and oxygen atoms in total. The lowest BCUT2D eigenvalue weighted by molar-refractivity contribution is 1.00. The van der Waals surface area contributed by atoms with Crippen LogP contribution in [-0.4, -0.2) is 21.5 Å². The van der Waals surface area contributed by atoms with Crippen molar-refractivity contribution in [3.8, 4) is 0 Å². The first-order chi connectivity index (χ1) is 8.42. The maximum absolute atomic E-state index is 4.46. The van der Waals surface area contributed by atoms with Crippen LogP contribution in [0, 0.1) is 0 Å².